The van der Waals surface area contributed by atoms with E-state index in [9.17, 15) is 9.59 Å². The second kappa shape index (κ2) is 5.24. The summed E-state index contributed by atoms with van der Waals surface area (Å²) in [5, 5.41) is 0.743. The molecule has 110 valence electrons. The van der Waals surface area contributed by atoms with Gasteiger partial charge in [-0.05, 0) is 24.5 Å². The number of carbonyl (C=O) groups excluding carboxylic acids is 1. The van der Waals surface area contributed by atoms with Crippen molar-refractivity contribution < 1.29 is 18.7 Å². The summed E-state index contributed by atoms with van der Waals surface area (Å²) in [6, 6.07) is 6.57. The molecular weight excluding hydrogens is 272 g/mol. The van der Waals surface area contributed by atoms with Crippen LogP contribution in [0.25, 0.3) is 11.0 Å². The number of ether oxygens (including phenoxy) is 2. The van der Waals surface area contributed by atoms with Crippen LogP contribution in [0.5, 0.6) is 5.75 Å². The SMILES string of the molecule is COc1ccc2c(COC(=O)[C@H]3C[C@@H]3C)cc(=O)oc2c1. The first-order valence-electron chi connectivity index (χ1n) is 6.86. The first-order chi connectivity index (χ1) is 10.1. The molecule has 0 aliphatic heterocycles. The van der Waals surface area contributed by atoms with Crippen LogP contribution in [-0.2, 0) is 16.1 Å². The van der Waals surface area contributed by atoms with E-state index in [0.29, 0.717) is 22.8 Å². The summed E-state index contributed by atoms with van der Waals surface area (Å²) < 4.78 is 15.5. The van der Waals surface area contributed by atoms with E-state index >= 15 is 0 Å². The topological polar surface area (TPSA) is 65.7 Å². The third-order valence-electron chi connectivity index (χ3n) is 3.82. The average molecular weight is 288 g/mol. The maximum atomic E-state index is 11.8. The molecule has 1 aromatic heterocycles. The molecule has 1 aromatic carbocycles. The van der Waals surface area contributed by atoms with E-state index in [4.69, 9.17) is 13.9 Å². The van der Waals surface area contributed by atoms with Gasteiger partial charge in [-0.2, -0.15) is 0 Å². The molecule has 0 N–H and O–H groups in total. The Bertz CT molecular complexity index is 746. The summed E-state index contributed by atoms with van der Waals surface area (Å²) in [6.45, 7) is 2.10. The van der Waals surface area contributed by atoms with Crippen LogP contribution in [0.15, 0.2) is 33.5 Å². The standard InChI is InChI=1S/C16H16O5/c1-9-5-13(9)16(18)20-8-10-6-15(17)21-14-7-11(19-2)3-4-12(10)14/h3-4,6-7,9,13H,5,8H2,1-2H3/t9-,13-/m0/s1. The van der Waals surface area contributed by atoms with Gasteiger partial charge in [0.25, 0.3) is 0 Å². The number of hydrogen-bond donors (Lipinski definition) is 0. The Balaban J connectivity index is 1.87. The Hall–Kier alpha value is -2.30. The molecule has 3 rings (SSSR count). The number of fused-ring (bicyclic) bond motifs is 1. The number of carbonyl (C=O) groups is 1. The summed E-state index contributed by atoms with van der Waals surface area (Å²) in [5.74, 6) is 0.819. The summed E-state index contributed by atoms with van der Waals surface area (Å²) in [5.41, 5.74) is 0.597. The minimum absolute atomic E-state index is 0.0106. The molecule has 1 aliphatic carbocycles. The molecule has 1 saturated carbocycles. The Labute approximate surface area is 121 Å². The zero-order chi connectivity index (χ0) is 15.0. The number of methoxy groups -OCH3 is 1. The number of rotatable bonds is 4. The molecule has 21 heavy (non-hydrogen) atoms. The van der Waals surface area contributed by atoms with E-state index in [1.165, 1.54) is 6.07 Å². The molecule has 5 nitrogen and oxygen atoms in total. The van der Waals surface area contributed by atoms with Crippen molar-refractivity contribution >= 4 is 16.9 Å². The highest BCUT2D eigenvalue weighted by atomic mass is 16.5. The Morgan fingerprint density at radius 1 is 1.38 bits per heavy atom. The fourth-order valence-corrected chi connectivity index (χ4v) is 2.36. The van der Waals surface area contributed by atoms with E-state index in [2.05, 4.69) is 0 Å². The first-order valence-corrected chi connectivity index (χ1v) is 6.86. The van der Waals surface area contributed by atoms with Crippen molar-refractivity contribution in [3.63, 3.8) is 0 Å². The lowest BCUT2D eigenvalue weighted by molar-refractivity contribution is -0.146. The van der Waals surface area contributed by atoms with Crippen LogP contribution in [0.3, 0.4) is 0 Å². The van der Waals surface area contributed by atoms with Gasteiger partial charge in [0.15, 0.2) is 0 Å². The van der Waals surface area contributed by atoms with Crippen LogP contribution in [-0.4, -0.2) is 13.1 Å². The smallest absolute Gasteiger partial charge is 0.336 e. The normalized spacial score (nSPS) is 20.3. The van der Waals surface area contributed by atoms with Gasteiger partial charge >= 0.3 is 11.6 Å². The fraction of sp³-hybridized carbons (Fsp3) is 0.375. The van der Waals surface area contributed by atoms with E-state index in [0.717, 1.165) is 11.8 Å². The molecule has 0 spiro atoms. The molecule has 1 aliphatic rings. The summed E-state index contributed by atoms with van der Waals surface area (Å²) in [6.07, 6.45) is 0.883. The number of esters is 1. The van der Waals surface area contributed by atoms with E-state index in [-0.39, 0.29) is 18.5 Å². The zero-order valence-corrected chi connectivity index (χ0v) is 11.9. The Morgan fingerprint density at radius 3 is 2.81 bits per heavy atom. The van der Waals surface area contributed by atoms with Gasteiger partial charge in [0.2, 0.25) is 0 Å². The molecule has 0 unspecified atom stereocenters. The lowest BCUT2D eigenvalue weighted by Gasteiger charge is -2.08. The summed E-state index contributed by atoms with van der Waals surface area (Å²) in [7, 11) is 1.54. The average Bonchev–Trinajstić information content (AvgIpc) is 3.20. The lowest BCUT2D eigenvalue weighted by atomic mass is 10.1. The molecule has 1 heterocycles. The van der Waals surface area contributed by atoms with Crippen molar-refractivity contribution in [2.45, 2.75) is 20.0 Å². The molecule has 0 bridgehead atoms. The van der Waals surface area contributed by atoms with Crippen LogP contribution >= 0.6 is 0 Å². The molecular formula is C16H16O5. The van der Waals surface area contributed by atoms with Gasteiger partial charge in [0.05, 0.1) is 13.0 Å². The van der Waals surface area contributed by atoms with Crippen LogP contribution in [0.4, 0.5) is 0 Å². The molecule has 0 radical (unpaired) electrons. The predicted molar refractivity (Wildman–Crippen MR) is 76.1 cm³/mol. The monoisotopic (exact) mass is 288 g/mol. The van der Waals surface area contributed by atoms with Gasteiger partial charge in [-0.15, -0.1) is 0 Å². The van der Waals surface area contributed by atoms with Crippen LogP contribution in [0.2, 0.25) is 0 Å². The van der Waals surface area contributed by atoms with Gasteiger partial charge in [0, 0.05) is 23.1 Å². The van der Waals surface area contributed by atoms with Crippen LogP contribution in [0.1, 0.15) is 18.9 Å². The summed E-state index contributed by atoms with van der Waals surface area (Å²) >= 11 is 0. The second-order valence-corrected chi connectivity index (χ2v) is 5.38. The molecule has 1 fully saturated rings. The third kappa shape index (κ3) is 2.77. The maximum Gasteiger partial charge on any atom is 0.336 e. The van der Waals surface area contributed by atoms with E-state index in [1.807, 2.05) is 6.92 Å². The fourth-order valence-electron chi connectivity index (χ4n) is 2.36. The predicted octanol–water partition coefficient (Wildman–Crippen LogP) is 2.50. The van der Waals surface area contributed by atoms with E-state index < -0.39 is 5.63 Å². The van der Waals surface area contributed by atoms with Gasteiger partial charge < -0.3 is 13.9 Å². The van der Waals surface area contributed by atoms with Crippen molar-refractivity contribution in [2.75, 3.05) is 7.11 Å². The number of hydrogen-bond acceptors (Lipinski definition) is 5. The minimum Gasteiger partial charge on any atom is -0.497 e. The van der Waals surface area contributed by atoms with Crippen molar-refractivity contribution in [3.05, 3.63) is 40.2 Å². The molecule has 2 aromatic rings. The number of benzene rings is 1. The third-order valence-corrected chi connectivity index (χ3v) is 3.82. The van der Waals surface area contributed by atoms with Crippen LogP contribution in [0, 0.1) is 11.8 Å². The highest BCUT2D eigenvalue weighted by Gasteiger charge is 2.40. The zero-order valence-electron chi connectivity index (χ0n) is 11.9. The van der Waals surface area contributed by atoms with Gasteiger partial charge in [-0.25, -0.2) is 4.79 Å². The van der Waals surface area contributed by atoms with Crippen LogP contribution < -0.4 is 10.4 Å². The quantitative estimate of drug-likeness (QED) is 0.639. The van der Waals surface area contributed by atoms with Crippen molar-refractivity contribution in [1.82, 2.24) is 0 Å². The molecule has 0 amide bonds. The van der Waals surface area contributed by atoms with Gasteiger partial charge in [-0.1, -0.05) is 6.92 Å². The Morgan fingerprint density at radius 2 is 2.14 bits per heavy atom. The molecule has 5 heteroatoms. The highest BCUT2D eigenvalue weighted by Crippen LogP contribution is 2.38. The van der Waals surface area contributed by atoms with Gasteiger partial charge in [0.1, 0.15) is 17.9 Å². The second-order valence-electron chi connectivity index (χ2n) is 5.38. The lowest BCUT2D eigenvalue weighted by Crippen LogP contribution is -2.09. The maximum absolute atomic E-state index is 11.8. The molecule has 2 atom stereocenters. The van der Waals surface area contributed by atoms with Crippen molar-refractivity contribution in [1.29, 1.82) is 0 Å². The van der Waals surface area contributed by atoms with Crippen molar-refractivity contribution in [2.24, 2.45) is 11.8 Å². The van der Waals surface area contributed by atoms with E-state index in [1.54, 1.807) is 25.3 Å². The first kappa shape index (κ1) is 13.7. The minimum atomic E-state index is -0.471. The van der Waals surface area contributed by atoms with Gasteiger partial charge in [-0.3, -0.25) is 4.79 Å². The molecule has 0 saturated heterocycles. The van der Waals surface area contributed by atoms with Crippen molar-refractivity contribution in [3.8, 4) is 5.75 Å². The Kier molecular flexibility index (Phi) is 3.41. The largest absolute Gasteiger partial charge is 0.497 e. The highest BCUT2D eigenvalue weighted by molar-refractivity contribution is 5.82. The summed E-state index contributed by atoms with van der Waals surface area (Å²) in [4.78, 5) is 23.4.